The normalized spacial score (nSPS) is 10.8. The molecule has 8 heteroatoms. The summed E-state index contributed by atoms with van der Waals surface area (Å²) in [6.07, 6.45) is 0.692. The van der Waals surface area contributed by atoms with Gasteiger partial charge in [0.1, 0.15) is 17.3 Å². The quantitative estimate of drug-likeness (QED) is 0.484. The number of hydrogen-bond acceptors (Lipinski definition) is 6. The number of aromatic nitrogens is 2. The molecule has 0 bridgehead atoms. The van der Waals surface area contributed by atoms with Gasteiger partial charge in [-0.1, -0.05) is 42.5 Å². The SMILES string of the molecule is COCCCN(Cc1cccc(OC)c1)c1c(N)n(Cc2ccccc2)c(=O)[nH]c1=O. The predicted molar refractivity (Wildman–Crippen MR) is 122 cm³/mol. The minimum atomic E-state index is -0.534. The second kappa shape index (κ2) is 10.5. The molecule has 0 aliphatic carbocycles. The Kier molecular flexibility index (Phi) is 7.50. The van der Waals surface area contributed by atoms with E-state index in [1.165, 1.54) is 4.57 Å². The number of methoxy groups -OCH3 is 2. The van der Waals surface area contributed by atoms with Crippen molar-refractivity contribution in [1.29, 1.82) is 0 Å². The van der Waals surface area contributed by atoms with Crippen LogP contribution in [0.4, 0.5) is 11.5 Å². The van der Waals surface area contributed by atoms with Crippen LogP contribution in [0.15, 0.2) is 64.2 Å². The number of benzene rings is 2. The van der Waals surface area contributed by atoms with Gasteiger partial charge in [0.05, 0.1) is 13.7 Å². The molecule has 164 valence electrons. The van der Waals surface area contributed by atoms with Crippen LogP contribution in [-0.2, 0) is 17.8 Å². The Labute approximate surface area is 180 Å². The van der Waals surface area contributed by atoms with Crippen molar-refractivity contribution in [1.82, 2.24) is 9.55 Å². The van der Waals surface area contributed by atoms with Gasteiger partial charge in [0.2, 0.25) is 0 Å². The van der Waals surface area contributed by atoms with Crippen LogP contribution in [0.1, 0.15) is 17.5 Å². The van der Waals surface area contributed by atoms with Gasteiger partial charge < -0.3 is 20.1 Å². The third kappa shape index (κ3) is 5.55. The van der Waals surface area contributed by atoms with Gasteiger partial charge in [0.15, 0.2) is 0 Å². The summed E-state index contributed by atoms with van der Waals surface area (Å²) in [4.78, 5) is 29.6. The van der Waals surface area contributed by atoms with Crippen molar-refractivity contribution in [3.05, 3.63) is 86.6 Å². The maximum Gasteiger partial charge on any atom is 0.330 e. The highest BCUT2D eigenvalue weighted by Crippen LogP contribution is 2.22. The zero-order chi connectivity index (χ0) is 22.2. The monoisotopic (exact) mass is 424 g/mol. The molecule has 3 N–H and O–H groups in total. The van der Waals surface area contributed by atoms with E-state index in [2.05, 4.69) is 4.98 Å². The number of rotatable bonds is 10. The number of nitrogens with zero attached hydrogens (tertiary/aromatic N) is 2. The van der Waals surface area contributed by atoms with Gasteiger partial charge in [0.25, 0.3) is 5.56 Å². The molecular formula is C23H28N4O4. The number of nitrogens with two attached hydrogens (primary N) is 1. The molecule has 31 heavy (non-hydrogen) atoms. The van der Waals surface area contributed by atoms with Crippen LogP contribution >= 0.6 is 0 Å². The third-order valence-electron chi connectivity index (χ3n) is 5.00. The number of hydrogen-bond donors (Lipinski definition) is 2. The summed E-state index contributed by atoms with van der Waals surface area (Å²) in [7, 11) is 3.24. The van der Waals surface area contributed by atoms with Crippen LogP contribution in [0, 0.1) is 0 Å². The minimum Gasteiger partial charge on any atom is -0.497 e. The van der Waals surface area contributed by atoms with E-state index in [1.807, 2.05) is 59.5 Å². The first-order chi connectivity index (χ1) is 15.0. The van der Waals surface area contributed by atoms with Crippen LogP contribution in [0.25, 0.3) is 0 Å². The zero-order valence-corrected chi connectivity index (χ0v) is 17.8. The lowest BCUT2D eigenvalue weighted by molar-refractivity contribution is 0.196. The molecule has 0 fully saturated rings. The molecular weight excluding hydrogens is 396 g/mol. The van der Waals surface area contributed by atoms with E-state index in [9.17, 15) is 9.59 Å². The molecule has 0 aliphatic rings. The van der Waals surface area contributed by atoms with Crippen molar-refractivity contribution in [2.75, 3.05) is 38.0 Å². The Morgan fingerprint density at radius 1 is 1.03 bits per heavy atom. The lowest BCUT2D eigenvalue weighted by Gasteiger charge is -2.26. The van der Waals surface area contributed by atoms with Crippen molar-refractivity contribution < 1.29 is 9.47 Å². The first-order valence-corrected chi connectivity index (χ1v) is 10.1. The van der Waals surface area contributed by atoms with Crippen LogP contribution < -0.4 is 26.6 Å². The molecule has 0 spiro atoms. The van der Waals surface area contributed by atoms with Crippen molar-refractivity contribution in [3.63, 3.8) is 0 Å². The first kappa shape index (κ1) is 22.2. The van der Waals surface area contributed by atoms with Gasteiger partial charge in [-0.3, -0.25) is 14.3 Å². The number of nitrogen functional groups attached to an aromatic ring is 1. The topological polar surface area (TPSA) is 103 Å². The van der Waals surface area contributed by atoms with Crippen molar-refractivity contribution >= 4 is 11.5 Å². The van der Waals surface area contributed by atoms with E-state index < -0.39 is 11.2 Å². The second-order valence-electron chi connectivity index (χ2n) is 7.18. The van der Waals surface area contributed by atoms with Gasteiger partial charge in [-0.05, 0) is 29.7 Å². The van der Waals surface area contributed by atoms with Gasteiger partial charge >= 0.3 is 5.69 Å². The average molecular weight is 425 g/mol. The Morgan fingerprint density at radius 3 is 2.48 bits per heavy atom. The van der Waals surface area contributed by atoms with Crippen molar-refractivity contribution in [2.45, 2.75) is 19.5 Å². The minimum absolute atomic E-state index is 0.137. The number of H-pyrrole nitrogens is 1. The average Bonchev–Trinajstić information content (AvgIpc) is 2.77. The molecule has 0 radical (unpaired) electrons. The molecule has 1 heterocycles. The molecule has 3 aromatic rings. The predicted octanol–water partition coefficient (Wildman–Crippen LogP) is 2.22. The number of aromatic amines is 1. The third-order valence-corrected chi connectivity index (χ3v) is 5.00. The molecule has 3 rings (SSSR count). The summed E-state index contributed by atoms with van der Waals surface area (Å²) in [6.45, 7) is 1.76. The maximum absolute atomic E-state index is 12.8. The Morgan fingerprint density at radius 2 is 1.77 bits per heavy atom. The number of ether oxygens (including phenoxy) is 2. The molecule has 8 nitrogen and oxygen atoms in total. The Bertz CT molecular complexity index is 1110. The number of anilines is 2. The van der Waals surface area contributed by atoms with Crippen LogP contribution in [0.2, 0.25) is 0 Å². The summed E-state index contributed by atoms with van der Waals surface area (Å²) in [5.74, 6) is 0.864. The van der Waals surface area contributed by atoms with Crippen molar-refractivity contribution in [2.24, 2.45) is 0 Å². The smallest absolute Gasteiger partial charge is 0.330 e. The van der Waals surface area contributed by atoms with E-state index >= 15 is 0 Å². The summed E-state index contributed by atoms with van der Waals surface area (Å²) in [6, 6.07) is 17.1. The molecule has 0 saturated heterocycles. The Hall–Kier alpha value is -3.52. The fourth-order valence-corrected chi connectivity index (χ4v) is 3.47. The van der Waals surface area contributed by atoms with E-state index in [0.717, 1.165) is 16.9 Å². The lowest BCUT2D eigenvalue weighted by atomic mass is 10.2. The summed E-state index contributed by atoms with van der Waals surface area (Å²) in [5, 5.41) is 0. The molecule has 0 atom stereocenters. The van der Waals surface area contributed by atoms with Gasteiger partial charge in [0, 0.05) is 26.8 Å². The van der Waals surface area contributed by atoms with Gasteiger partial charge in [-0.25, -0.2) is 4.79 Å². The highest BCUT2D eigenvalue weighted by molar-refractivity contribution is 5.63. The lowest BCUT2D eigenvalue weighted by Crippen LogP contribution is -2.39. The zero-order valence-electron chi connectivity index (χ0n) is 17.8. The second-order valence-corrected chi connectivity index (χ2v) is 7.18. The van der Waals surface area contributed by atoms with E-state index in [0.29, 0.717) is 26.1 Å². The fourth-order valence-electron chi connectivity index (χ4n) is 3.47. The molecule has 0 amide bonds. The molecule has 0 aliphatic heterocycles. The van der Waals surface area contributed by atoms with Crippen LogP contribution in [-0.4, -0.2) is 36.9 Å². The first-order valence-electron chi connectivity index (χ1n) is 10.1. The number of nitrogens with one attached hydrogen (secondary N) is 1. The molecule has 1 aromatic heterocycles. The Balaban J connectivity index is 2.01. The van der Waals surface area contributed by atoms with Gasteiger partial charge in [-0.2, -0.15) is 0 Å². The molecule has 2 aromatic carbocycles. The van der Waals surface area contributed by atoms with E-state index in [1.54, 1.807) is 14.2 Å². The highest BCUT2D eigenvalue weighted by Gasteiger charge is 2.19. The molecule has 0 saturated carbocycles. The molecule has 0 unspecified atom stereocenters. The summed E-state index contributed by atoms with van der Waals surface area (Å²) >= 11 is 0. The van der Waals surface area contributed by atoms with E-state index in [-0.39, 0.29) is 18.1 Å². The largest absolute Gasteiger partial charge is 0.497 e. The standard InChI is InChI=1S/C23H28N4O4/c1-30-13-7-12-26(15-18-10-6-11-19(14-18)31-2)20-21(24)27(23(29)25-22(20)28)16-17-8-4-3-5-9-17/h3-6,8-11,14H,7,12-13,15-16,24H2,1-2H3,(H,25,28,29). The van der Waals surface area contributed by atoms with Crippen molar-refractivity contribution in [3.8, 4) is 5.75 Å². The highest BCUT2D eigenvalue weighted by atomic mass is 16.5. The fraction of sp³-hybridized carbons (Fsp3) is 0.304. The van der Waals surface area contributed by atoms with Crippen LogP contribution in [0.3, 0.4) is 0 Å². The summed E-state index contributed by atoms with van der Waals surface area (Å²) < 4.78 is 11.9. The van der Waals surface area contributed by atoms with Gasteiger partial charge in [-0.15, -0.1) is 0 Å². The summed E-state index contributed by atoms with van der Waals surface area (Å²) in [5.41, 5.74) is 7.49. The van der Waals surface area contributed by atoms with Crippen LogP contribution in [0.5, 0.6) is 5.75 Å². The maximum atomic E-state index is 12.8. The van der Waals surface area contributed by atoms with E-state index in [4.69, 9.17) is 15.2 Å².